The van der Waals surface area contributed by atoms with Crippen molar-refractivity contribution in [3.05, 3.63) is 124 Å². The van der Waals surface area contributed by atoms with E-state index in [-0.39, 0.29) is 92.1 Å². The third-order valence-corrected chi connectivity index (χ3v) is 17.9. The van der Waals surface area contributed by atoms with Crippen LogP contribution in [0, 0.1) is 0 Å². The van der Waals surface area contributed by atoms with E-state index in [0.29, 0.717) is 97.7 Å². The first-order valence-corrected chi connectivity index (χ1v) is 30.0. The quantitative estimate of drug-likeness (QED) is 0.0278. The molecule has 5 heterocycles. The van der Waals surface area contributed by atoms with E-state index >= 15 is 0 Å². The van der Waals surface area contributed by atoms with Gasteiger partial charge in [0.25, 0.3) is 21.9 Å². The number of hydrogen-bond donors (Lipinski definition) is 4. The minimum absolute atomic E-state index is 0.000799. The Morgan fingerprint density at radius 1 is 0.738 bits per heavy atom. The third-order valence-electron chi connectivity index (χ3n) is 15.4. The number of rotatable bonds is 26. The molecule has 0 aromatic heterocycles. The first-order chi connectivity index (χ1) is 40.3. The van der Waals surface area contributed by atoms with Crippen LogP contribution in [0.1, 0.15) is 69.7 Å². The molecule has 0 bridgehead atoms. The normalized spacial score (nSPS) is 18.8. The number of nitrogens with one attached hydrogen (secondary N) is 2. The number of nitrogens with two attached hydrogens (primary N) is 1. The molecule has 1 saturated heterocycles. The van der Waals surface area contributed by atoms with Gasteiger partial charge >= 0.3 is 0 Å². The largest absolute Gasteiger partial charge is 0.493 e. The number of ether oxygens (including phenoxy) is 7. The summed E-state index contributed by atoms with van der Waals surface area (Å²) in [6, 6.07) is 26.2. The Morgan fingerprint density at radius 2 is 1.32 bits per heavy atom. The van der Waals surface area contributed by atoms with Crippen molar-refractivity contribution < 1.29 is 70.1 Å². The maximum atomic E-state index is 14.5. The van der Waals surface area contributed by atoms with Gasteiger partial charge in [0.2, 0.25) is 17.7 Å². The zero-order valence-electron chi connectivity index (χ0n) is 47.4. The minimum atomic E-state index is -4.78. The van der Waals surface area contributed by atoms with Crippen molar-refractivity contribution in [3.8, 4) is 23.0 Å². The van der Waals surface area contributed by atoms with Crippen LogP contribution in [0.2, 0.25) is 0 Å². The molecule has 1 fully saturated rings. The fourth-order valence-electron chi connectivity index (χ4n) is 11.5. The number of likely N-dealkylation sites (tertiary alicyclic amines) is 1. The Labute approximate surface area is 491 Å². The second-order valence-electron chi connectivity index (χ2n) is 21.7. The molecule has 24 heteroatoms. The van der Waals surface area contributed by atoms with Crippen molar-refractivity contribution in [2.75, 3.05) is 106 Å². The summed E-state index contributed by atoms with van der Waals surface area (Å²) in [7, 11) is -0.242. The molecule has 446 valence electrons. The first-order valence-electron chi connectivity index (χ1n) is 27.7. The lowest BCUT2D eigenvalue weighted by atomic mass is 10.1. The number of primary amides is 1. The lowest BCUT2D eigenvalue weighted by Crippen LogP contribution is -2.49. The molecule has 5 aliphatic rings. The van der Waals surface area contributed by atoms with Gasteiger partial charge in [-0.3, -0.25) is 33.4 Å². The van der Waals surface area contributed by atoms with E-state index in [1.807, 2.05) is 67.3 Å². The van der Waals surface area contributed by atoms with E-state index in [1.54, 1.807) is 37.4 Å². The Hall–Kier alpha value is -7.61. The second kappa shape index (κ2) is 25.3. The Morgan fingerprint density at radius 3 is 1.95 bits per heavy atom. The summed E-state index contributed by atoms with van der Waals surface area (Å²) in [5.74, 6) is -0.958. The van der Waals surface area contributed by atoms with Crippen LogP contribution in [-0.4, -0.2) is 155 Å². The van der Waals surface area contributed by atoms with Gasteiger partial charge in [-0.2, -0.15) is 8.42 Å². The topological polar surface area (TPSA) is 267 Å². The molecular weight excluding hydrogens is 1120 g/mol. The number of amides is 5. The van der Waals surface area contributed by atoms with Crippen molar-refractivity contribution in [1.82, 2.24) is 4.90 Å². The van der Waals surface area contributed by atoms with E-state index in [9.17, 15) is 36.9 Å². The monoisotopic (exact) mass is 1190 g/mol. The van der Waals surface area contributed by atoms with Crippen LogP contribution < -0.4 is 50.0 Å². The number of thioether (sulfide) groups is 1. The standard InChI is InChI=1S/C60H69N7O15S2/c1-60(2,83-53-31-55(69)65(59(53)72)15-14-54(61)68)35-64(16-17-79-20-21-80-19-18-76-3)40-23-36(33-81-51-29-44-42(27-49(51)77-4)57(70)66-41(32-62-44)25-38-10-6-8-12-46(38)66)22-37(24-40)34-82-52-30-45-43(28-50(52)78-5)58(71)67-47-13-9-7-11-39(47)26-48(67)56(63-45)84(73,74)75/h6-13,22-24,27-30,41,48,53,56,62-63H,14-21,25-26,31-35H2,1-5H3,(H2,61,68)(H,73,74,75)/t41-,48-,53?,56?/m0/s1. The van der Waals surface area contributed by atoms with Crippen LogP contribution in [0.5, 0.6) is 23.0 Å². The lowest BCUT2D eigenvalue weighted by molar-refractivity contribution is -0.138. The smallest absolute Gasteiger partial charge is 0.288 e. The average molecular weight is 1190 g/mol. The summed E-state index contributed by atoms with van der Waals surface area (Å²) >= 11 is 1.36. The number of imide groups is 1. The van der Waals surface area contributed by atoms with E-state index in [1.165, 1.54) is 43.0 Å². The zero-order valence-corrected chi connectivity index (χ0v) is 49.1. The van der Waals surface area contributed by atoms with Crippen LogP contribution in [0.15, 0.2) is 91.0 Å². The highest BCUT2D eigenvalue weighted by molar-refractivity contribution is 8.02. The number of carbonyl (C=O) groups is 5. The van der Waals surface area contributed by atoms with Crippen molar-refractivity contribution in [2.45, 2.75) is 80.2 Å². The molecule has 22 nitrogen and oxygen atoms in total. The fourth-order valence-corrected chi connectivity index (χ4v) is 13.9. The molecule has 0 saturated carbocycles. The maximum Gasteiger partial charge on any atom is 0.288 e. The highest BCUT2D eigenvalue weighted by Gasteiger charge is 2.48. The van der Waals surface area contributed by atoms with Gasteiger partial charge in [-0.1, -0.05) is 36.4 Å². The predicted octanol–water partition coefficient (Wildman–Crippen LogP) is 6.07. The number of fused-ring (bicyclic) bond motifs is 8. The molecule has 5 aliphatic heterocycles. The number of para-hydroxylation sites is 2. The van der Waals surface area contributed by atoms with Gasteiger partial charge in [0.15, 0.2) is 28.4 Å². The molecule has 0 radical (unpaired) electrons. The summed E-state index contributed by atoms with van der Waals surface area (Å²) in [6.45, 7) is 6.74. The summed E-state index contributed by atoms with van der Waals surface area (Å²) in [5, 5.41) is 4.16. The Balaban J connectivity index is 0.974. The third kappa shape index (κ3) is 12.9. The van der Waals surface area contributed by atoms with Gasteiger partial charge in [0.05, 0.1) is 87.1 Å². The van der Waals surface area contributed by atoms with Crippen LogP contribution in [0.3, 0.4) is 0 Å². The average Bonchev–Trinajstić information content (AvgIpc) is 3.34. The molecule has 4 atom stereocenters. The minimum Gasteiger partial charge on any atom is -0.493 e. The fraction of sp³-hybridized carbons (Fsp3) is 0.417. The predicted molar refractivity (Wildman–Crippen MR) is 316 cm³/mol. The maximum absolute atomic E-state index is 14.5. The van der Waals surface area contributed by atoms with Gasteiger partial charge in [-0.05, 0) is 91.4 Å². The Kier molecular flexibility index (Phi) is 17.9. The summed E-state index contributed by atoms with van der Waals surface area (Å²) in [6.07, 6.45) is 0.716. The summed E-state index contributed by atoms with van der Waals surface area (Å²) in [5.41, 5.74) is 11.9. The van der Waals surface area contributed by atoms with Crippen molar-refractivity contribution in [2.24, 2.45) is 5.73 Å². The molecule has 5 aromatic rings. The number of benzene rings is 5. The molecule has 2 unspecified atom stereocenters. The lowest BCUT2D eigenvalue weighted by Gasteiger charge is -2.35. The van der Waals surface area contributed by atoms with Gasteiger partial charge < -0.3 is 64.2 Å². The second-order valence-corrected chi connectivity index (χ2v) is 25.1. The van der Waals surface area contributed by atoms with Crippen molar-refractivity contribution in [1.29, 1.82) is 0 Å². The van der Waals surface area contributed by atoms with Gasteiger partial charge in [-0.15, -0.1) is 11.8 Å². The van der Waals surface area contributed by atoms with E-state index in [4.69, 9.17) is 38.9 Å². The molecule has 5 amide bonds. The molecule has 0 spiro atoms. The molecule has 5 aromatic carbocycles. The number of hydrogen-bond acceptors (Lipinski definition) is 18. The van der Waals surface area contributed by atoms with E-state index in [0.717, 1.165) is 21.7 Å². The van der Waals surface area contributed by atoms with Crippen LogP contribution in [-0.2, 0) is 64.8 Å². The van der Waals surface area contributed by atoms with Crippen LogP contribution >= 0.6 is 11.8 Å². The molecule has 0 aliphatic carbocycles. The molecule has 5 N–H and O–H groups in total. The van der Waals surface area contributed by atoms with Crippen LogP contribution in [0.4, 0.5) is 28.4 Å². The molecule has 10 rings (SSSR count). The highest BCUT2D eigenvalue weighted by Crippen LogP contribution is 2.45. The zero-order chi connectivity index (χ0) is 59.5. The SMILES string of the molecule is COCCOCCOCCN(CC(C)(C)SC1CC(=O)N(CCC(N)=O)C1=O)c1cc(COc2cc3c(cc2OC)C(=O)N2c4ccccc4C[C@H]2CN3)cc(COc2cc3c(cc2OC)C(=O)N2c4ccccc4C[C@H]2C(S(=O)(=O)O)N3)c1. The molecule has 84 heavy (non-hydrogen) atoms. The number of carbonyl (C=O) groups excluding carboxylic acids is 5. The number of methoxy groups -OCH3 is 3. The number of anilines is 5. The summed E-state index contributed by atoms with van der Waals surface area (Å²) in [4.78, 5) is 73.7. The first kappa shape index (κ1) is 59.5. The van der Waals surface area contributed by atoms with Crippen molar-refractivity contribution >= 4 is 79.9 Å². The summed E-state index contributed by atoms with van der Waals surface area (Å²) < 4.78 is 78.0. The van der Waals surface area contributed by atoms with Gasteiger partial charge in [0.1, 0.15) is 13.2 Å². The van der Waals surface area contributed by atoms with Crippen molar-refractivity contribution in [3.63, 3.8) is 0 Å². The highest BCUT2D eigenvalue weighted by atomic mass is 32.2. The van der Waals surface area contributed by atoms with E-state index in [2.05, 4.69) is 15.5 Å². The van der Waals surface area contributed by atoms with E-state index < -0.39 is 43.3 Å². The van der Waals surface area contributed by atoms with Crippen LogP contribution in [0.25, 0.3) is 0 Å². The Bertz CT molecular complexity index is 3460. The van der Waals surface area contributed by atoms with Gasteiger partial charge in [0, 0.05) is 80.1 Å². The number of nitrogens with zero attached hydrogens (tertiary/aromatic N) is 4. The van der Waals surface area contributed by atoms with Gasteiger partial charge in [-0.25, -0.2) is 0 Å². The molecular formula is C60H69N7O15S2.